The van der Waals surface area contributed by atoms with Crippen LogP contribution in [-0.2, 0) is 0 Å². The Bertz CT molecular complexity index is 379. The highest BCUT2D eigenvalue weighted by atomic mass is 35.5. The van der Waals surface area contributed by atoms with Crippen LogP contribution in [0.15, 0.2) is 12.1 Å². The summed E-state index contributed by atoms with van der Waals surface area (Å²) in [5.74, 6) is 1.61. The largest absolute Gasteiger partial charge is 0.397 e. The molecule has 0 bridgehead atoms. The highest BCUT2D eigenvalue weighted by Crippen LogP contribution is 2.38. The van der Waals surface area contributed by atoms with Gasteiger partial charge in [-0.15, -0.1) is 0 Å². The minimum Gasteiger partial charge on any atom is -0.397 e. The third-order valence-corrected chi connectivity index (χ3v) is 3.65. The maximum absolute atomic E-state index is 5.92. The summed E-state index contributed by atoms with van der Waals surface area (Å²) in [5.41, 5.74) is 7.35. The predicted molar refractivity (Wildman–Crippen MR) is 66.6 cm³/mol. The first-order chi connectivity index (χ1) is 7.08. The summed E-state index contributed by atoms with van der Waals surface area (Å²) in [7, 11) is 0. The van der Waals surface area contributed by atoms with E-state index in [-0.39, 0.29) is 0 Å². The van der Waals surface area contributed by atoms with Crippen LogP contribution in [0, 0.1) is 11.8 Å². The molecule has 1 aromatic rings. The highest BCUT2D eigenvalue weighted by molar-refractivity contribution is 6.42. The molecule has 1 aliphatic rings. The average molecular weight is 245 g/mol. The van der Waals surface area contributed by atoms with Gasteiger partial charge in [-0.05, 0) is 30.4 Å². The van der Waals surface area contributed by atoms with Crippen molar-refractivity contribution in [3.05, 3.63) is 22.2 Å². The Morgan fingerprint density at radius 2 is 2.00 bits per heavy atom. The molecule has 15 heavy (non-hydrogen) atoms. The van der Waals surface area contributed by atoms with Crippen LogP contribution in [0.4, 0.5) is 11.4 Å². The van der Waals surface area contributed by atoms with E-state index in [9.17, 15) is 0 Å². The van der Waals surface area contributed by atoms with Crippen molar-refractivity contribution < 1.29 is 0 Å². The second-order valence-electron chi connectivity index (χ2n) is 4.21. The quantitative estimate of drug-likeness (QED) is 0.798. The molecule has 0 spiro atoms. The van der Waals surface area contributed by atoms with E-state index >= 15 is 0 Å². The first-order valence-corrected chi connectivity index (χ1v) is 5.82. The molecule has 0 saturated heterocycles. The molecule has 1 aromatic carbocycles. The molecule has 0 aliphatic heterocycles. The number of halogens is 2. The Hall–Kier alpha value is -0.600. The molecule has 2 atom stereocenters. The number of hydrogen-bond acceptors (Lipinski definition) is 2. The van der Waals surface area contributed by atoms with E-state index in [0.29, 0.717) is 15.7 Å². The SMILES string of the molecule is CC1CC1CNc1cc(Cl)c(Cl)cc1N. The second-order valence-corrected chi connectivity index (χ2v) is 5.02. The number of nitrogens with one attached hydrogen (secondary N) is 1. The van der Waals surface area contributed by atoms with Crippen LogP contribution in [-0.4, -0.2) is 6.54 Å². The summed E-state index contributed by atoms with van der Waals surface area (Å²) in [5, 5.41) is 4.34. The summed E-state index contributed by atoms with van der Waals surface area (Å²) >= 11 is 11.8. The predicted octanol–water partition coefficient (Wildman–Crippen LogP) is 3.64. The molecule has 0 radical (unpaired) electrons. The van der Waals surface area contributed by atoms with Crippen LogP contribution >= 0.6 is 23.2 Å². The molecule has 0 heterocycles. The van der Waals surface area contributed by atoms with Crippen LogP contribution in [0.1, 0.15) is 13.3 Å². The first kappa shape index (κ1) is 10.9. The van der Waals surface area contributed by atoms with Crippen LogP contribution in [0.2, 0.25) is 10.0 Å². The van der Waals surface area contributed by atoms with E-state index in [0.717, 1.165) is 24.1 Å². The van der Waals surface area contributed by atoms with Gasteiger partial charge in [-0.25, -0.2) is 0 Å². The van der Waals surface area contributed by atoms with Gasteiger partial charge in [0.2, 0.25) is 0 Å². The van der Waals surface area contributed by atoms with Crippen molar-refractivity contribution in [1.29, 1.82) is 0 Å². The van der Waals surface area contributed by atoms with Crippen LogP contribution < -0.4 is 11.1 Å². The first-order valence-electron chi connectivity index (χ1n) is 5.06. The standard InChI is InChI=1S/C11H14Cl2N2/c1-6-2-7(6)5-15-11-4-9(13)8(12)3-10(11)14/h3-4,6-7,15H,2,5,14H2,1H3. The Kier molecular flexibility index (Phi) is 2.98. The van der Waals surface area contributed by atoms with Gasteiger partial charge in [0.05, 0.1) is 21.4 Å². The summed E-state index contributed by atoms with van der Waals surface area (Å²) in [6.07, 6.45) is 1.30. The minimum absolute atomic E-state index is 0.500. The highest BCUT2D eigenvalue weighted by Gasteiger charge is 2.31. The van der Waals surface area contributed by atoms with Gasteiger partial charge in [-0.2, -0.15) is 0 Å². The van der Waals surface area contributed by atoms with Crippen molar-refractivity contribution in [2.75, 3.05) is 17.6 Å². The van der Waals surface area contributed by atoms with E-state index in [1.165, 1.54) is 6.42 Å². The van der Waals surface area contributed by atoms with Gasteiger partial charge < -0.3 is 11.1 Å². The van der Waals surface area contributed by atoms with Crippen molar-refractivity contribution in [2.24, 2.45) is 11.8 Å². The van der Waals surface area contributed by atoms with E-state index in [1.807, 2.05) is 0 Å². The Morgan fingerprint density at radius 1 is 1.40 bits per heavy atom. The third kappa shape index (κ3) is 2.50. The monoisotopic (exact) mass is 244 g/mol. The number of anilines is 2. The Morgan fingerprint density at radius 3 is 2.60 bits per heavy atom. The van der Waals surface area contributed by atoms with Crippen molar-refractivity contribution in [2.45, 2.75) is 13.3 Å². The van der Waals surface area contributed by atoms with Crippen molar-refractivity contribution in [3.63, 3.8) is 0 Å². The summed E-state index contributed by atoms with van der Waals surface area (Å²) in [6.45, 7) is 3.22. The van der Waals surface area contributed by atoms with Crippen LogP contribution in [0.5, 0.6) is 0 Å². The summed E-state index contributed by atoms with van der Waals surface area (Å²) in [4.78, 5) is 0. The molecule has 2 unspecified atom stereocenters. The molecule has 0 amide bonds. The lowest BCUT2D eigenvalue weighted by Gasteiger charge is -2.10. The zero-order chi connectivity index (χ0) is 11.0. The average Bonchev–Trinajstić information content (AvgIpc) is 2.86. The van der Waals surface area contributed by atoms with Gasteiger partial charge in [0.1, 0.15) is 0 Å². The van der Waals surface area contributed by atoms with E-state index in [4.69, 9.17) is 28.9 Å². The summed E-state index contributed by atoms with van der Waals surface area (Å²) in [6, 6.07) is 3.47. The van der Waals surface area contributed by atoms with Crippen LogP contribution in [0.3, 0.4) is 0 Å². The van der Waals surface area contributed by atoms with E-state index in [1.54, 1.807) is 12.1 Å². The number of benzene rings is 1. The molecular formula is C11H14Cl2N2. The lowest BCUT2D eigenvalue weighted by Crippen LogP contribution is -2.06. The molecule has 1 aliphatic carbocycles. The zero-order valence-corrected chi connectivity index (χ0v) is 10.1. The van der Waals surface area contributed by atoms with E-state index < -0.39 is 0 Å². The maximum Gasteiger partial charge on any atom is 0.0614 e. The molecule has 0 aromatic heterocycles. The van der Waals surface area contributed by atoms with Crippen molar-refractivity contribution >= 4 is 34.6 Å². The summed E-state index contributed by atoms with van der Waals surface area (Å²) < 4.78 is 0. The normalized spacial score (nSPS) is 23.9. The van der Waals surface area contributed by atoms with Crippen molar-refractivity contribution in [1.82, 2.24) is 0 Å². The second kappa shape index (κ2) is 4.11. The number of nitrogens with two attached hydrogens (primary N) is 1. The number of hydrogen-bond donors (Lipinski definition) is 2. The lowest BCUT2D eigenvalue weighted by molar-refractivity contribution is 0.787. The van der Waals surface area contributed by atoms with Gasteiger partial charge in [-0.1, -0.05) is 30.1 Å². The van der Waals surface area contributed by atoms with Gasteiger partial charge in [0, 0.05) is 6.54 Å². The van der Waals surface area contributed by atoms with Gasteiger partial charge in [-0.3, -0.25) is 0 Å². The van der Waals surface area contributed by atoms with Gasteiger partial charge in [0.15, 0.2) is 0 Å². The molecule has 2 nitrogen and oxygen atoms in total. The van der Waals surface area contributed by atoms with Crippen molar-refractivity contribution in [3.8, 4) is 0 Å². The van der Waals surface area contributed by atoms with E-state index in [2.05, 4.69) is 12.2 Å². The Labute approximate surface area is 99.7 Å². The Balaban J connectivity index is 2.04. The minimum atomic E-state index is 0.500. The smallest absolute Gasteiger partial charge is 0.0614 e. The molecule has 82 valence electrons. The topological polar surface area (TPSA) is 38.0 Å². The molecular weight excluding hydrogens is 231 g/mol. The lowest BCUT2D eigenvalue weighted by atomic mass is 10.2. The molecule has 1 saturated carbocycles. The molecule has 4 heteroatoms. The molecule has 1 fully saturated rings. The zero-order valence-electron chi connectivity index (χ0n) is 8.56. The fourth-order valence-electron chi connectivity index (χ4n) is 1.64. The third-order valence-electron chi connectivity index (χ3n) is 2.92. The number of rotatable bonds is 3. The van der Waals surface area contributed by atoms with Crippen LogP contribution in [0.25, 0.3) is 0 Å². The van der Waals surface area contributed by atoms with Gasteiger partial charge in [0.25, 0.3) is 0 Å². The fraction of sp³-hybridized carbons (Fsp3) is 0.455. The van der Waals surface area contributed by atoms with Gasteiger partial charge >= 0.3 is 0 Å². The molecule has 2 rings (SSSR count). The maximum atomic E-state index is 5.92. The number of nitrogen functional groups attached to an aromatic ring is 1. The molecule has 3 N–H and O–H groups in total. The fourth-order valence-corrected chi connectivity index (χ4v) is 1.98.